The van der Waals surface area contributed by atoms with Gasteiger partial charge >= 0.3 is 12.2 Å². The molecule has 188 valence electrons. The zero-order chi connectivity index (χ0) is 25.5. The number of hydrogen-bond donors (Lipinski definition) is 2. The van der Waals surface area contributed by atoms with E-state index in [0.29, 0.717) is 43.7 Å². The Morgan fingerprint density at radius 1 is 1.06 bits per heavy atom. The molecule has 2 aromatic carbocycles. The number of piperidine rings is 1. The summed E-state index contributed by atoms with van der Waals surface area (Å²) in [5.41, 5.74) is -0.909. The molecule has 0 atom stereocenters. The molecule has 8 nitrogen and oxygen atoms in total. The van der Waals surface area contributed by atoms with E-state index in [4.69, 9.17) is 0 Å². The Morgan fingerprint density at radius 2 is 1.75 bits per heavy atom. The van der Waals surface area contributed by atoms with Crippen LogP contribution in [0.2, 0.25) is 0 Å². The van der Waals surface area contributed by atoms with Crippen molar-refractivity contribution in [3.63, 3.8) is 0 Å². The van der Waals surface area contributed by atoms with E-state index in [0.717, 1.165) is 12.1 Å². The SMILES string of the molecule is O=C1Cn2nc(-c3ccc(C(F)(F)F)cc3)nc2CC2(CCN(C(=O)Nc3ccccc3F)CC2)N1. The zero-order valence-electron chi connectivity index (χ0n) is 19.0. The molecule has 0 aliphatic carbocycles. The first kappa shape index (κ1) is 23.8. The summed E-state index contributed by atoms with van der Waals surface area (Å²) in [4.78, 5) is 31.4. The van der Waals surface area contributed by atoms with Crippen molar-refractivity contribution in [3.8, 4) is 11.4 Å². The van der Waals surface area contributed by atoms with Crippen molar-refractivity contribution in [3.05, 3.63) is 65.7 Å². The Hall–Kier alpha value is -3.96. The largest absolute Gasteiger partial charge is 0.416 e. The first-order valence-electron chi connectivity index (χ1n) is 11.3. The molecule has 0 bridgehead atoms. The van der Waals surface area contributed by atoms with Crippen LogP contribution in [-0.4, -0.2) is 50.2 Å². The quantitative estimate of drug-likeness (QED) is 0.521. The summed E-state index contributed by atoms with van der Waals surface area (Å²) in [6, 6.07) is 10.0. The van der Waals surface area contributed by atoms with Crippen LogP contribution in [-0.2, 0) is 23.9 Å². The number of alkyl halides is 3. The molecule has 0 unspecified atom stereocenters. The Kier molecular flexibility index (Phi) is 5.89. The minimum absolute atomic E-state index is 0.0673. The standard InChI is InChI=1S/C24H22F4N6O2/c25-17-3-1-2-4-18(17)29-22(36)33-11-9-23(10-12-33)13-19-30-21(32-34(19)14-20(35)31-23)15-5-7-16(8-6-15)24(26,27)28/h1-8H,9-14H2,(H,29,36)(H,31,35). The maximum absolute atomic E-state index is 13.9. The molecule has 1 saturated heterocycles. The number of fused-ring (bicyclic) bond motifs is 1. The summed E-state index contributed by atoms with van der Waals surface area (Å²) in [5, 5.41) is 9.97. The molecular formula is C24H22F4N6O2. The molecule has 12 heteroatoms. The topological polar surface area (TPSA) is 92.2 Å². The zero-order valence-corrected chi connectivity index (χ0v) is 19.0. The number of nitrogens with zero attached hydrogens (tertiary/aromatic N) is 4. The lowest BCUT2D eigenvalue weighted by Crippen LogP contribution is -2.57. The van der Waals surface area contributed by atoms with Gasteiger partial charge in [0, 0.05) is 25.1 Å². The highest BCUT2D eigenvalue weighted by molar-refractivity contribution is 5.89. The normalized spacial score (nSPS) is 17.3. The third kappa shape index (κ3) is 4.75. The molecule has 3 aromatic rings. The van der Waals surface area contributed by atoms with E-state index in [-0.39, 0.29) is 24.0 Å². The van der Waals surface area contributed by atoms with Gasteiger partial charge in [-0.25, -0.2) is 18.9 Å². The number of nitrogens with one attached hydrogen (secondary N) is 2. The molecule has 1 spiro atoms. The van der Waals surface area contributed by atoms with Crippen LogP contribution in [0.25, 0.3) is 11.4 Å². The van der Waals surface area contributed by atoms with Gasteiger partial charge in [0.25, 0.3) is 0 Å². The monoisotopic (exact) mass is 502 g/mol. The van der Waals surface area contributed by atoms with E-state index in [2.05, 4.69) is 20.7 Å². The van der Waals surface area contributed by atoms with Gasteiger partial charge in [0.05, 0.1) is 16.8 Å². The summed E-state index contributed by atoms with van der Waals surface area (Å²) in [6.07, 6.45) is -3.18. The number of aromatic nitrogens is 3. The van der Waals surface area contributed by atoms with Crippen molar-refractivity contribution < 1.29 is 27.2 Å². The lowest BCUT2D eigenvalue weighted by molar-refractivity contribution is -0.137. The first-order chi connectivity index (χ1) is 17.1. The molecule has 0 saturated carbocycles. The van der Waals surface area contributed by atoms with Gasteiger partial charge in [-0.2, -0.15) is 18.3 Å². The minimum Gasteiger partial charge on any atom is -0.348 e. The van der Waals surface area contributed by atoms with Crippen LogP contribution in [0.1, 0.15) is 24.2 Å². The van der Waals surface area contributed by atoms with Crippen molar-refractivity contribution in [1.82, 2.24) is 25.0 Å². The molecular weight excluding hydrogens is 480 g/mol. The molecule has 2 aliphatic heterocycles. The van der Waals surface area contributed by atoms with Crippen molar-refractivity contribution in [1.29, 1.82) is 0 Å². The predicted octanol–water partition coefficient (Wildman–Crippen LogP) is 3.84. The summed E-state index contributed by atoms with van der Waals surface area (Å²) in [6.45, 7) is 0.600. The summed E-state index contributed by atoms with van der Waals surface area (Å²) < 4.78 is 54.0. The second-order valence-corrected chi connectivity index (χ2v) is 8.99. The molecule has 2 aliphatic rings. The Balaban J connectivity index is 1.30. The second-order valence-electron chi connectivity index (χ2n) is 8.99. The fourth-order valence-electron chi connectivity index (χ4n) is 4.58. The number of carbonyl (C=O) groups excluding carboxylic acids is 2. The van der Waals surface area contributed by atoms with E-state index in [1.54, 1.807) is 11.0 Å². The van der Waals surface area contributed by atoms with Crippen molar-refractivity contribution in [2.24, 2.45) is 0 Å². The van der Waals surface area contributed by atoms with Gasteiger partial charge in [-0.05, 0) is 37.1 Å². The van der Waals surface area contributed by atoms with Gasteiger partial charge in [0.2, 0.25) is 5.91 Å². The van der Waals surface area contributed by atoms with E-state index in [9.17, 15) is 27.2 Å². The number of carbonyl (C=O) groups is 2. The third-order valence-corrected chi connectivity index (χ3v) is 6.54. The lowest BCUT2D eigenvalue weighted by atomic mass is 9.84. The number of rotatable bonds is 2. The van der Waals surface area contributed by atoms with Crippen LogP contribution in [0, 0.1) is 5.82 Å². The molecule has 1 fully saturated rings. The minimum atomic E-state index is -4.44. The summed E-state index contributed by atoms with van der Waals surface area (Å²) >= 11 is 0. The fourth-order valence-corrected chi connectivity index (χ4v) is 4.58. The number of halogens is 4. The highest BCUT2D eigenvalue weighted by Gasteiger charge is 2.41. The summed E-state index contributed by atoms with van der Waals surface area (Å²) in [7, 11) is 0. The number of anilines is 1. The van der Waals surface area contributed by atoms with E-state index < -0.39 is 29.1 Å². The van der Waals surface area contributed by atoms with Gasteiger partial charge in [0.1, 0.15) is 18.2 Å². The van der Waals surface area contributed by atoms with Gasteiger partial charge in [-0.3, -0.25) is 4.79 Å². The highest BCUT2D eigenvalue weighted by atomic mass is 19.4. The predicted molar refractivity (Wildman–Crippen MR) is 121 cm³/mol. The first-order valence-corrected chi connectivity index (χ1v) is 11.3. The van der Waals surface area contributed by atoms with Crippen LogP contribution in [0.15, 0.2) is 48.5 Å². The second kappa shape index (κ2) is 8.92. The average Bonchev–Trinajstić information content (AvgIpc) is 3.16. The van der Waals surface area contributed by atoms with Gasteiger partial charge in [-0.15, -0.1) is 0 Å². The van der Waals surface area contributed by atoms with Gasteiger partial charge in [0.15, 0.2) is 5.82 Å². The van der Waals surface area contributed by atoms with Crippen LogP contribution >= 0.6 is 0 Å². The van der Waals surface area contributed by atoms with Crippen LogP contribution in [0.4, 0.5) is 28.0 Å². The molecule has 5 rings (SSSR count). The fraction of sp³-hybridized carbons (Fsp3) is 0.333. The van der Waals surface area contributed by atoms with Gasteiger partial charge in [-0.1, -0.05) is 24.3 Å². The van der Waals surface area contributed by atoms with Crippen molar-refractivity contribution in [2.75, 3.05) is 18.4 Å². The lowest BCUT2D eigenvalue weighted by Gasteiger charge is -2.41. The summed E-state index contributed by atoms with van der Waals surface area (Å²) in [5.74, 6) is -0.0155. The van der Waals surface area contributed by atoms with Crippen LogP contribution < -0.4 is 10.6 Å². The van der Waals surface area contributed by atoms with Gasteiger partial charge < -0.3 is 15.5 Å². The van der Waals surface area contributed by atoms with Crippen LogP contribution in [0.5, 0.6) is 0 Å². The number of amides is 3. The number of urea groups is 1. The van der Waals surface area contributed by atoms with E-state index in [1.807, 2.05) is 0 Å². The Labute approximate surface area is 203 Å². The smallest absolute Gasteiger partial charge is 0.348 e. The van der Waals surface area contributed by atoms with Crippen molar-refractivity contribution in [2.45, 2.75) is 37.5 Å². The number of benzene rings is 2. The molecule has 2 N–H and O–H groups in total. The Bertz CT molecular complexity index is 1300. The molecule has 3 amide bonds. The van der Waals surface area contributed by atoms with Crippen LogP contribution in [0.3, 0.4) is 0 Å². The van der Waals surface area contributed by atoms with E-state index in [1.165, 1.54) is 35.0 Å². The third-order valence-electron chi connectivity index (χ3n) is 6.54. The molecule has 3 heterocycles. The maximum atomic E-state index is 13.9. The Morgan fingerprint density at radius 3 is 2.42 bits per heavy atom. The molecule has 1 aromatic heterocycles. The molecule has 0 radical (unpaired) electrons. The van der Waals surface area contributed by atoms with Crippen molar-refractivity contribution >= 4 is 17.6 Å². The number of hydrogen-bond acceptors (Lipinski definition) is 4. The number of para-hydroxylation sites is 1. The maximum Gasteiger partial charge on any atom is 0.416 e. The molecule has 36 heavy (non-hydrogen) atoms. The van der Waals surface area contributed by atoms with E-state index >= 15 is 0 Å². The average molecular weight is 502 g/mol. The number of likely N-dealkylation sites (tertiary alicyclic amines) is 1. The highest BCUT2D eigenvalue weighted by Crippen LogP contribution is 2.32.